The van der Waals surface area contributed by atoms with Crippen LogP contribution in [0.3, 0.4) is 0 Å². The van der Waals surface area contributed by atoms with Gasteiger partial charge in [-0.25, -0.2) is 0 Å². The van der Waals surface area contributed by atoms with E-state index in [9.17, 15) is 4.79 Å². The van der Waals surface area contributed by atoms with E-state index in [0.717, 1.165) is 45.0 Å². The molecular formula is C21H34N4O. The number of hydrogen-bond acceptors (Lipinski definition) is 2. The van der Waals surface area contributed by atoms with E-state index in [1.165, 1.54) is 5.56 Å². The monoisotopic (exact) mass is 358 g/mol. The average molecular weight is 359 g/mol. The summed E-state index contributed by atoms with van der Waals surface area (Å²) in [7, 11) is 0. The summed E-state index contributed by atoms with van der Waals surface area (Å²) in [6.45, 7) is 11.7. The molecule has 1 saturated heterocycles. The van der Waals surface area contributed by atoms with Gasteiger partial charge in [-0.1, -0.05) is 51.1 Å². The van der Waals surface area contributed by atoms with Crippen LogP contribution in [-0.2, 0) is 11.2 Å². The lowest BCUT2D eigenvalue weighted by Crippen LogP contribution is -2.45. The molecule has 144 valence electrons. The van der Waals surface area contributed by atoms with Gasteiger partial charge in [-0.3, -0.25) is 9.79 Å². The summed E-state index contributed by atoms with van der Waals surface area (Å²) >= 11 is 0. The molecule has 0 spiro atoms. The van der Waals surface area contributed by atoms with Gasteiger partial charge in [0.1, 0.15) is 0 Å². The summed E-state index contributed by atoms with van der Waals surface area (Å²) < 4.78 is 0. The second-order valence-corrected chi connectivity index (χ2v) is 7.84. The fraction of sp³-hybridized carbons (Fsp3) is 0.619. The first-order valence-corrected chi connectivity index (χ1v) is 9.80. The molecule has 0 aliphatic carbocycles. The van der Waals surface area contributed by atoms with Crippen molar-refractivity contribution in [3.63, 3.8) is 0 Å². The van der Waals surface area contributed by atoms with Crippen LogP contribution in [-0.4, -0.2) is 49.0 Å². The van der Waals surface area contributed by atoms with Gasteiger partial charge in [0.25, 0.3) is 0 Å². The highest BCUT2D eigenvalue weighted by molar-refractivity contribution is 5.80. The summed E-state index contributed by atoms with van der Waals surface area (Å²) in [4.78, 5) is 18.6. The molecule has 5 nitrogen and oxygen atoms in total. The van der Waals surface area contributed by atoms with Gasteiger partial charge in [0, 0.05) is 38.6 Å². The molecule has 2 rings (SSSR count). The first-order valence-electron chi connectivity index (χ1n) is 9.80. The number of guanidine groups is 1. The van der Waals surface area contributed by atoms with Crippen LogP contribution in [0.15, 0.2) is 35.3 Å². The third-order valence-corrected chi connectivity index (χ3v) is 4.72. The number of hydrogen-bond donors (Lipinski definition) is 2. The lowest BCUT2D eigenvalue weighted by atomic mass is 9.86. The van der Waals surface area contributed by atoms with E-state index in [4.69, 9.17) is 4.99 Å². The Morgan fingerprint density at radius 3 is 2.65 bits per heavy atom. The van der Waals surface area contributed by atoms with Gasteiger partial charge in [0.15, 0.2) is 5.96 Å². The van der Waals surface area contributed by atoms with Crippen LogP contribution in [0, 0.1) is 5.41 Å². The van der Waals surface area contributed by atoms with E-state index in [0.29, 0.717) is 6.42 Å². The van der Waals surface area contributed by atoms with Crippen LogP contribution in [0.4, 0.5) is 0 Å². The molecule has 1 aliphatic rings. The van der Waals surface area contributed by atoms with Crippen molar-refractivity contribution in [1.82, 2.24) is 15.5 Å². The number of amides is 1. The summed E-state index contributed by atoms with van der Waals surface area (Å²) in [5, 5.41) is 6.85. The maximum Gasteiger partial charge on any atom is 0.222 e. The number of carbonyl (C=O) groups is 1. The van der Waals surface area contributed by atoms with Crippen molar-refractivity contribution in [3.05, 3.63) is 35.9 Å². The molecule has 0 aromatic heterocycles. The molecule has 1 fully saturated rings. The van der Waals surface area contributed by atoms with Crippen LogP contribution in [0.25, 0.3) is 0 Å². The molecule has 2 N–H and O–H groups in total. The van der Waals surface area contributed by atoms with Crippen molar-refractivity contribution in [2.24, 2.45) is 10.4 Å². The van der Waals surface area contributed by atoms with Crippen LogP contribution in [0.2, 0.25) is 0 Å². The van der Waals surface area contributed by atoms with Crippen molar-refractivity contribution < 1.29 is 4.79 Å². The molecule has 0 radical (unpaired) electrons. The number of likely N-dealkylation sites (tertiary alicyclic amines) is 1. The largest absolute Gasteiger partial charge is 0.357 e. The minimum absolute atomic E-state index is 0.0869. The molecule has 5 heteroatoms. The second kappa shape index (κ2) is 9.60. The molecule has 1 aliphatic heterocycles. The van der Waals surface area contributed by atoms with Crippen molar-refractivity contribution >= 4 is 11.9 Å². The highest BCUT2D eigenvalue weighted by atomic mass is 16.2. The zero-order chi connectivity index (χ0) is 19.0. The Labute approximate surface area is 158 Å². The average Bonchev–Trinajstić information content (AvgIpc) is 3.08. The van der Waals surface area contributed by atoms with Crippen LogP contribution >= 0.6 is 0 Å². The van der Waals surface area contributed by atoms with E-state index in [-0.39, 0.29) is 17.4 Å². The van der Waals surface area contributed by atoms with Gasteiger partial charge < -0.3 is 15.5 Å². The second-order valence-electron chi connectivity index (χ2n) is 7.84. The number of aliphatic imine (C=N–C) groups is 1. The minimum Gasteiger partial charge on any atom is -0.357 e. The summed E-state index contributed by atoms with van der Waals surface area (Å²) in [6, 6.07) is 10.9. The SMILES string of the molecule is CCNC(=NCC(C)(C)Cc1ccccc1)NC1CCN(C(=O)CC)C1. The Morgan fingerprint density at radius 2 is 2.00 bits per heavy atom. The Balaban J connectivity index is 1.92. The third-order valence-electron chi connectivity index (χ3n) is 4.72. The van der Waals surface area contributed by atoms with Gasteiger partial charge in [-0.2, -0.15) is 0 Å². The van der Waals surface area contributed by atoms with E-state index < -0.39 is 0 Å². The number of carbonyl (C=O) groups excluding carboxylic acids is 1. The quantitative estimate of drug-likeness (QED) is 0.582. The molecule has 1 unspecified atom stereocenters. The van der Waals surface area contributed by atoms with E-state index in [2.05, 4.69) is 61.7 Å². The molecule has 0 bridgehead atoms. The van der Waals surface area contributed by atoms with E-state index in [1.54, 1.807) is 0 Å². The van der Waals surface area contributed by atoms with Crippen molar-refractivity contribution in [3.8, 4) is 0 Å². The van der Waals surface area contributed by atoms with Crippen LogP contribution < -0.4 is 10.6 Å². The van der Waals surface area contributed by atoms with Gasteiger partial charge in [-0.15, -0.1) is 0 Å². The molecule has 1 heterocycles. The lowest BCUT2D eigenvalue weighted by molar-refractivity contribution is -0.129. The van der Waals surface area contributed by atoms with Gasteiger partial charge in [-0.05, 0) is 30.7 Å². The maximum absolute atomic E-state index is 11.9. The van der Waals surface area contributed by atoms with E-state index in [1.807, 2.05) is 11.8 Å². The molecule has 0 saturated carbocycles. The molecule has 26 heavy (non-hydrogen) atoms. The topological polar surface area (TPSA) is 56.7 Å². The van der Waals surface area contributed by atoms with Gasteiger partial charge in [0.2, 0.25) is 5.91 Å². The van der Waals surface area contributed by atoms with Gasteiger partial charge >= 0.3 is 0 Å². The third kappa shape index (κ3) is 6.36. The first-order chi connectivity index (χ1) is 12.4. The Bertz CT molecular complexity index is 597. The molecule has 1 atom stereocenters. The fourth-order valence-corrected chi connectivity index (χ4v) is 3.34. The standard InChI is InChI=1S/C21H34N4O/c1-5-19(26)25-13-12-18(15-25)24-20(22-6-2)23-16-21(3,4)14-17-10-8-7-9-11-17/h7-11,18H,5-6,12-16H2,1-4H3,(H2,22,23,24). The van der Waals surface area contributed by atoms with Crippen LogP contribution in [0.5, 0.6) is 0 Å². The highest BCUT2D eigenvalue weighted by Crippen LogP contribution is 2.22. The minimum atomic E-state index is 0.0869. The molecular weight excluding hydrogens is 324 g/mol. The highest BCUT2D eigenvalue weighted by Gasteiger charge is 2.26. The van der Waals surface area contributed by atoms with Crippen molar-refractivity contribution in [2.45, 2.75) is 53.0 Å². The van der Waals surface area contributed by atoms with Crippen molar-refractivity contribution in [1.29, 1.82) is 0 Å². The van der Waals surface area contributed by atoms with Crippen LogP contribution in [0.1, 0.15) is 46.1 Å². The number of nitrogens with zero attached hydrogens (tertiary/aromatic N) is 2. The smallest absolute Gasteiger partial charge is 0.222 e. The fourth-order valence-electron chi connectivity index (χ4n) is 3.34. The zero-order valence-corrected chi connectivity index (χ0v) is 16.7. The summed E-state index contributed by atoms with van der Waals surface area (Å²) in [5.41, 5.74) is 1.43. The van der Waals surface area contributed by atoms with Crippen molar-refractivity contribution in [2.75, 3.05) is 26.2 Å². The Kier molecular flexibility index (Phi) is 7.49. The number of rotatable bonds is 7. The summed E-state index contributed by atoms with van der Waals surface area (Å²) in [5.74, 6) is 1.09. The zero-order valence-electron chi connectivity index (χ0n) is 16.7. The normalized spacial score (nSPS) is 18.1. The predicted molar refractivity (Wildman–Crippen MR) is 108 cm³/mol. The molecule has 1 aromatic rings. The Morgan fingerprint density at radius 1 is 1.27 bits per heavy atom. The van der Waals surface area contributed by atoms with Gasteiger partial charge in [0.05, 0.1) is 0 Å². The molecule has 1 aromatic carbocycles. The number of nitrogens with one attached hydrogen (secondary N) is 2. The predicted octanol–water partition coefficient (Wildman–Crippen LogP) is 2.82. The first kappa shape index (κ1) is 20.3. The van der Waals surface area contributed by atoms with E-state index >= 15 is 0 Å². The lowest BCUT2D eigenvalue weighted by Gasteiger charge is -2.24. The Hall–Kier alpha value is -2.04. The summed E-state index contributed by atoms with van der Waals surface area (Å²) in [6.07, 6.45) is 2.55. The number of benzene rings is 1. The molecule has 1 amide bonds. The maximum atomic E-state index is 11.9.